The van der Waals surface area contributed by atoms with Crippen molar-refractivity contribution in [3.8, 4) is 0 Å². The molecule has 0 radical (unpaired) electrons. The molecule has 0 spiro atoms. The Morgan fingerprint density at radius 1 is 1.44 bits per heavy atom. The van der Waals surface area contributed by atoms with E-state index in [0.29, 0.717) is 25.1 Å². The molecule has 3 N–H and O–H groups in total. The van der Waals surface area contributed by atoms with Crippen molar-refractivity contribution in [2.75, 3.05) is 24.6 Å². The third kappa shape index (κ3) is 4.09. The van der Waals surface area contributed by atoms with Gasteiger partial charge in [0.05, 0.1) is 17.3 Å². The van der Waals surface area contributed by atoms with Crippen molar-refractivity contribution in [2.45, 2.75) is 32.2 Å². The molecular formula is C10H21N3O2S. The van der Waals surface area contributed by atoms with Crippen LogP contribution in [0.1, 0.15) is 26.2 Å². The van der Waals surface area contributed by atoms with Crippen molar-refractivity contribution in [3.63, 3.8) is 0 Å². The summed E-state index contributed by atoms with van der Waals surface area (Å²) >= 11 is 0. The SMILES string of the molecule is CCC(CC(=N)N)N1CCCS(=O)(=O)CC1. The van der Waals surface area contributed by atoms with Gasteiger partial charge in [-0.15, -0.1) is 0 Å². The fourth-order valence-corrected chi connectivity index (χ4v) is 3.39. The molecule has 1 unspecified atom stereocenters. The molecule has 1 aliphatic rings. The van der Waals surface area contributed by atoms with E-state index in [2.05, 4.69) is 4.90 Å². The Balaban J connectivity index is 2.61. The van der Waals surface area contributed by atoms with Crippen LogP contribution in [-0.2, 0) is 9.84 Å². The van der Waals surface area contributed by atoms with Crippen LogP contribution in [0.4, 0.5) is 0 Å². The van der Waals surface area contributed by atoms with Crippen LogP contribution in [0.25, 0.3) is 0 Å². The first kappa shape index (κ1) is 13.4. The van der Waals surface area contributed by atoms with Crippen molar-refractivity contribution >= 4 is 15.7 Å². The smallest absolute Gasteiger partial charge is 0.151 e. The second kappa shape index (κ2) is 5.63. The molecule has 0 saturated carbocycles. The lowest BCUT2D eigenvalue weighted by molar-refractivity contribution is 0.210. The highest BCUT2D eigenvalue weighted by Gasteiger charge is 2.24. The van der Waals surface area contributed by atoms with Crippen LogP contribution in [0.3, 0.4) is 0 Å². The molecule has 0 bridgehead atoms. The molecule has 0 aliphatic carbocycles. The average molecular weight is 247 g/mol. The topological polar surface area (TPSA) is 87.2 Å². The van der Waals surface area contributed by atoms with Crippen molar-refractivity contribution < 1.29 is 8.42 Å². The molecule has 16 heavy (non-hydrogen) atoms. The highest BCUT2D eigenvalue weighted by atomic mass is 32.2. The van der Waals surface area contributed by atoms with Gasteiger partial charge in [0, 0.05) is 19.0 Å². The summed E-state index contributed by atoms with van der Waals surface area (Å²) in [5.41, 5.74) is 5.41. The van der Waals surface area contributed by atoms with Crippen LogP contribution in [0, 0.1) is 5.41 Å². The van der Waals surface area contributed by atoms with E-state index in [1.807, 2.05) is 6.92 Å². The van der Waals surface area contributed by atoms with Gasteiger partial charge in [-0.3, -0.25) is 10.3 Å². The van der Waals surface area contributed by atoms with E-state index in [4.69, 9.17) is 11.1 Å². The highest BCUT2D eigenvalue weighted by Crippen LogP contribution is 2.13. The molecule has 0 amide bonds. The Bertz CT molecular complexity index is 340. The van der Waals surface area contributed by atoms with Crippen LogP contribution in [0.2, 0.25) is 0 Å². The predicted octanol–water partition coefficient (Wildman–Crippen LogP) is 0.212. The first-order chi connectivity index (χ1) is 7.44. The standard InChI is InChI=1S/C10H21N3O2S/c1-2-9(8-10(11)12)13-4-3-6-16(14,15)7-5-13/h9H,2-8H2,1H3,(H3,11,12). The second-order valence-corrected chi connectivity index (χ2v) is 6.64. The Hall–Kier alpha value is -0.620. The first-order valence-electron chi connectivity index (χ1n) is 5.72. The van der Waals surface area contributed by atoms with Gasteiger partial charge in [-0.2, -0.15) is 0 Å². The largest absolute Gasteiger partial charge is 0.388 e. The Kier molecular flexibility index (Phi) is 4.73. The first-order valence-corrected chi connectivity index (χ1v) is 7.54. The molecule has 1 rings (SSSR count). The maximum absolute atomic E-state index is 11.5. The van der Waals surface area contributed by atoms with Gasteiger partial charge in [0.25, 0.3) is 0 Å². The van der Waals surface area contributed by atoms with E-state index in [-0.39, 0.29) is 17.6 Å². The highest BCUT2D eigenvalue weighted by molar-refractivity contribution is 7.91. The third-order valence-electron chi connectivity index (χ3n) is 3.03. The summed E-state index contributed by atoms with van der Waals surface area (Å²) in [6, 6.07) is 0.214. The van der Waals surface area contributed by atoms with Crippen molar-refractivity contribution in [1.29, 1.82) is 5.41 Å². The number of nitrogens with two attached hydrogens (primary N) is 1. The Morgan fingerprint density at radius 2 is 2.12 bits per heavy atom. The quantitative estimate of drug-likeness (QED) is 0.549. The average Bonchev–Trinajstić information content (AvgIpc) is 2.35. The fraction of sp³-hybridized carbons (Fsp3) is 0.900. The van der Waals surface area contributed by atoms with Gasteiger partial charge in [-0.1, -0.05) is 6.92 Å². The molecule has 6 heteroatoms. The summed E-state index contributed by atoms with van der Waals surface area (Å²) in [6.07, 6.45) is 2.13. The summed E-state index contributed by atoms with van der Waals surface area (Å²) in [7, 11) is -2.85. The lowest BCUT2D eigenvalue weighted by Crippen LogP contribution is -2.39. The molecule has 94 valence electrons. The van der Waals surface area contributed by atoms with Crippen LogP contribution in [0.5, 0.6) is 0 Å². The number of nitrogens with zero attached hydrogens (tertiary/aromatic N) is 1. The van der Waals surface area contributed by atoms with Crippen LogP contribution >= 0.6 is 0 Å². The van der Waals surface area contributed by atoms with Gasteiger partial charge >= 0.3 is 0 Å². The minimum absolute atomic E-state index is 0.180. The van der Waals surface area contributed by atoms with Gasteiger partial charge in [0.15, 0.2) is 9.84 Å². The van der Waals surface area contributed by atoms with E-state index < -0.39 is 9.84 Å². The van der Waals surface area contributed by atoms with E-state index in [1.54, 1.807) is 0 Å². The van der Waals surface area contributed by atoms with Crippen molar-refractivity contribution in [1.82, 2.24) is 4.90 Å². The summed E-state index contributed by atoms with van der Waals surface area (Å²) in [4.78, 5) is 2.16. The summed E-state index contributed by atoms with van der Waals surface area (Å²) in [5, 5.41) is 7.31. The Morgan fingerprint density at radius 3 is 2.69 bits per heavy atom. The number of hydrogen-bond acceptors (Lipinski definition) is 4. The van der Waals surface area contributed by atoms with Gasteiger partial charge in [-0.05, 0) is 19.4 Å². The molecule has 1 saturated heterocycles. The molecule has 0 aromatic carbocycles. The zero-order valence-corrected chi connectivity index (χ0v) is 10.6. The number of amidine groups is 1. The minimum atomic E-state index is -2.85. The normalized spacial score (nSPS) is 23.6. The molecule has 1 aliphatic heterocycles. The maximum atomic E-state index is 11.5. The number of sulfone groups is 1. The summed E-state index contributed by atoms with van der Waals surface area (Å²) < 4.78 is 22.9. The second-order valence-electron chi connectivity index (χ2n) is 4.33. The summed E-state index contributed by atoms with van der Waals surface area (Å²) in [5.74, 6) is 0.709. The lowest BCUT2D eigenvalue weighted by Gasteiger charge is -2.29. The number of rotatable bonds is 4. The van der Waals surface area contributed by atoms with Gasteiger partial charge < -0.3 is 5.73 Å². The molecule has 0 aromatic rings. The maximum Gasteiger partial charge on any atom is 0.151 e. The van der Waals surface area contributed by atoms with Crippen LogP contribution in [0.15, 0.2) is 0 Å². The van der Waals surface area contributed by atoms with Gasteiger partial charge in [0.1, 0.15) is 0 Å². The molecule has 5 nitrogen and oxygen atoms in total. The zero-order chi connectivity index (χ0) is 12.2. The van der Waals surface area contributed by atoms with Crippen molar-refractivity contribution in [3.05, 3.63) is 0 Å². The minimum Gasteiger partial charge on any atom is -0.388 e. The number of nitrogens with one attached hydrogen (secondary N) is 1. The van der Waals surface area contributed by atoms with Crippen LogP contribution in [-0.4, -0.2) is 49.8 Å². The number of hydrogen-bond donors (Lipinski definition) is 2. The summed E-state index contributed by atoms with van der Waals surface area (Å²) in [6.45, 7) is 3.42. The van der Waals surface area contributed by atoms with Gasteiger partial charge in [0.2, 0.25) is 0 Å². The molecule has 1 fully saturated rings. The lowest BCUT2D eigenvalue weighted by atomic mass is 10.1. The van der Waals surface area contributed by atoms with E-state index >= 15 is 0 Å². The monoisotopic (exact) mass is 247 g/mol. The fourth-order valence-electron chi connectivity index (χ4n) is 2.11. The van der Waals surface area contributed by atoms with Crippen molar-refractivity contribution in [2.24, 2.45) is 5.73 Å². The predicted molar refractivity (Wildman–Crippen MR) is 65.5 cm³/mol. The third-order valence-corrected chi connectivity index (χ3v) is 4.75. The Labute approximate surface area is 97.4 Å². The van der Waals surface area contributed by atoms with E-state index in [0.717, 1.165) is 13.0 Å². The zero-order valence-electron chi connectivity index (χ0n) is 9.78. The van der Waals surface area contributed by atoms with Gasteiger partial charge in [-0.25, -0.2) is 8.42 Å². The molecule has 1 atom stereocenters. The molecule has 1 heterocycles. The van der Waals surface area contributed by atoms with Crippen LogP contribution < -0.4 is 5.73 Å². The van der Waals surface area contributed by atoms with E-state index in [1.165, 1.54) is 0 Å². The molecule has 0 aromatic heterocycles. The van der Waals surface area contributed by atoms with E-state index in [9.17, 15) is 8.42 Å². The molecular weight excluding hydrogens is 226 g/mol.